The molecule has 1 heterocycles. The van der Waals surface area contributed by atoms with Crippen LogP contribution in [0.1, 0.15) is 31.0 Å². The number of methoxy groups -OCH3 is 1. The van der Waals surface area contributed by atoms with Crippen LogP contribution in [0, 0.1) is 5.92 Å². The van der Waals surface area contributed by atoms with Gasteiger partial charge in [-0.25, -0.2) is 0 Å². The summed E-state index contributed by atoms with van der Waals surface area (Å²) in [6.45, 7) is 5.35. The van der Waals surface area contributed by atoms with E-state index in [0.29, 0.717) is 35.9 Å². The first-order valence-corrected chi connectivity index (χ1v) is 11.2. The molecule has 0 bridgehead atoms. The second-order valence-electron chi connectivity index (χ2n) is 8.96. The summed E-state index contributed by atoms with van der Waals surface area (Å²) in [5.41, 5.74) is 0.828. The Morgan fingerprint density at radius 3 is 2.50 bits per heavy atom. The fourth-order valence-corrected chi connectivity index (χ4v) is 3.79. The quantitative estimate of drug-likeness (QED) is 0.330. The SMILES string of the molecule is COc1ccc(C2/C(=C(/O)c3cccc(OCC(C)C)c3)C(=O)C(=O)N2CCN(C)C)cc1O. The van der Waals surface area contributed by atoms with Crippen molar-refractivity contribution in [1.29, 1.82) is 0 Å². The smallest absolute Gasteiger partial charge is 0.295 e. The highest BCUT2D eigenvalue weighted by Gasteiger charge is 2.46. The zero-order chi connectivity index (χ0) is 25.0. The largest absolute Gasteiger partial charge is 0.507 e. The molecular formula is C26H32N2O6. The van der Waals surface area contributed by atoms with Crippen molar-refractivity contribution in [2.75, 3.05) is 40.9 Å². The number of hydrogen-bond acceptors (Lipinski definition) is 7. The number of ketones is 1. The van der Waals surface area contributed by atoms with E-state index in [0.717, 1.165) is 0 Å². The summed E-state index contributed by atoms with van der Waals surface area (Å²) in [4.78, 5) is 29.5. The number of hydrogen-bond donors (Lipinski definition) is 2. The van der Waals surface area contributed by atoms with Gasteiger partial charge in [-0.1, -0.05) is 32.0 Å². The van der Waals surface area contributed by atoms with Gasteiger partial charge in [0.2, 0.25) is 0 Å². The molecule has 1 aliphatic rings. The zero-order valence-electron chi connectivity index (χ0n) is 20.2. The predicted molar refractivity (Wildman–Crippen MR) is 129 cm³/mol. The maximum atomic E-state index is 13.1. The number of Topliss-reactive ketones (excluding diaryl/α,β-unsaturated/α-hetero) is 1. The lowest BCUT2D eigenvalue weighted by atomic mass is 9.95. The molecular weight excluding hydrogens is 436 g/mol. The van der Waals surface area contributed by atoms with Crippen LogP contribution in [0.4, 0.5) is 0 Å². The van der Waals surface area contributed by atoms with Gasteiger partial charge in [0.1, 0.15) is 11.5 Å². The summed E-state index contributed by atoms with van der Waals surface area (Å²) in [6.07, 6.45) is 0. The number of likely N-dealkylation sites (N-methyl/N-ethyl adjacent to an activating group) is 1. The third kappa shape index (κ3) is 5.34. The van der Waals surface area contributed by atoms with E-state index in [-0.39, 0.29) is 29.4 Å². The molecule has 0 aliphatic carbocycles. The Labute approximate surface area is 200 Å². The minimum atomic E-state index is -0.864. The summed E-state index contributed by atoms with van der Waals surface area (Å²) < 4.78 is 10.9. The van der Waals surface area contributed by atoms with Gasteiger partial charge >= 0.3 is 0 Å². The van der Waals surface area contributed by atoms with Crippen molar-refractivity contribution >= 4 is 17.4 Å². The number of carbonyl (C=O) groups is 2. The number of ether oxygens (including phenoxy) is 2. The third-order valence-corrected chi connectivity index (χ3v) is 5.54. The van der Waals surface area contributed by atoms with Crippen molar-refractivity contribution < 1.29 is 29.3 Å². The Kier molecular flexibility index (Phi) is 7.83. The van der Waals surface area contributed by atoms with Crippen LogP contribution in [0.2, 0.25) is 0 Å². The number of nitrogens with zero attached hydrogens (tertiary/aromatic N) is 2. The lowest BCUT2D eigenvalue weighted by Gasteiger charge is -2.27. The summed E-state index contributed by atoms with van der Waals surface area (Å²) >= 11 is 0. The number of phenolic OH excluding ortho intramolecular Hbond substituents is 1. The van der Waals surface area contributed by atoms with Gasteiger partial charge in [0, 0.05) is 18.7 Å². The Balaban J connectivity index is 2.11. The molecule has 2 aromatic carbocycles. The second kappa shape index (κ2) is 10.6. The number of amides is 1. The number of rotatable bonds is 9. The van der Waals surface area contributed by atoms with Gasteiger partial charge in [-0.3, -0.25) is 9.59 Å². The van der Waals surface area contributed by atoms with Gasteiger partial charge in [-0.2, -0.15) is 0 Å². The zero-order valence-corrected chi connectivity index (χ0v) is 20.2. The lowest BCUT2D eigenvalue weighted by Crippen LogP contribution is -2.35. The summed E-state index contributed by atoms with van der Waals surface area (Å²) in [7, 11) is 5.17. The van der Waals surface area contributed by atoms with E-state index in [1.54, 1.807) is 36.4 Å². The van der Waals surface area contributed by atoms with Gasteiger partial charge in [0.25, 0.3) is 11.7 Å². The monoisotopic (exact) mass is 468 g/mol. The van der Waals surface area contributed by atoms with Gasteiger partial charge in [0.05, 0.1) is 25.3 Å². The molecule has 182 valence electrons. The number of aromatic hydroxyl groups is 1. The first-order chi connectivity index (χ1) is 16.1. The molecule has 1 unspecified atom stereocenters. The van der Waals surface area contributed by atoms with Crippen LogP contribution in [-0.2, 0) is 9.59 Å². The summed E-state index contributed by atoms with van der Waals surface area (Å²) in [5, 5.41) is 21.6. The molecule has 1 fully saturated rings. The predicted octanol–water partition coefficient (Wildman–Crippen LogP) is 3.42. The molecule has 1 saturated heterocycles. The molecule has 1 amide bonds. The number of aliphatic hydroxyl groups excluding tert-OH is 1. The normalized spacial score (nSPS) is 17.6. The van der Waals surface area contributed by atoms with Crippen LogP contribution >= 0.6 is 0 Å². The van der Waals surface area contributed by atoms with Crippen molar-refractivity contribution in [3.8, 4) is 17.2 Å². The van der Waals surface area contributed by atoms with E-state index in [9.17, 15) is 19.8 Å². The van der Waals surface area contributed by atoms with Crippen LogP contribution in [0.3, 0.4) is 0 Å². The Morgan fingerprint density at radius 1 is 1.15 bits per heavy atom. The van der Waals surface area contributed by atoms with E-state index in [1.165, 1.54) is 18.1 Å². The molecule has 8 heteroatoms. The molecule has 0 saturated carbocycles. The van der Waals surface area contributed by atoms with Gasteiger partial charge < -0.3 is 29.5 Å². The molecule has 8 nitrogen and oxygen atoms in total. The Bertz CT molecular complexity index is 1090. The first-order valence-electron chi connectivity index (χ1n) is 11.2. The van der Waals surface area contributed by atoms with Gasteiger partial charge in [-0.05, 0) is 49.8 Å². The average Bonchev–Trinajstić information content (AvgIpc) is 3.05. The second-order valence-corrected chi connectivity index (χ2v) is 8.96. The van der Waals surface area contributed by atoms with E-state index in [2.05, 4.69) is 0 Å². The highest BCUT2D eigenvalue weighted by atomic mass is 16.5. The molecule has 0 aromatic heterocycles. The minimum absolute atomic E-state index is 0.0330. The number of carbonyl (C=O) groups excluding carboxylic acids is 2. The number of aliphatic hydroxyl groups is 1. The molecule has 1 atom stereocenters. The Hall–Kier alpha value is -3.52. The molecule has 0 radical (unpaired) electrons. The minimum Gasteiger partial charge on any atom is -0.507 e. The Morgan fingerprint density at radius 2 is 1.88 bits per heavy atom. The highest BCUT2D eigenvalue weighted by molar-refractivity contribution is 6.46. The van der Waals surface area contributed by atoms with Crippen molar-refractivity contribution in [3.63, 3.8) is 0 Å². The highest BCUT2D eigenvalue weighted by Crippen LogP contribution is 2.41. The lowest BCUT2D eigenvalue weighted by molar-refractivity contribution is -0.140. The summed E-state index contributed by atoms with van der Waals surface area (Å²) in [5.74, 6) is -0.742. The van der Waals surface area contributed by atoms with E-state index >= 15 is 0 Å². The average molecular weight is 469 g/mol. The van der Waals surface area contributed by atoms with Crippen LogP contribution in [0.5, 0.6) is 17.2 Å². The van der Waals surface area contributed by atoms with Crippen molar-refractivity contribution in [2.24, 2.45) is 5.92 Å². The van der Waals surface area contributed by atoms with Gasteiger partial charge in [0.15, 0.2) is 11.5 Å². The van der Waals surface area contributed by atoms with Gasteiger partial charge in [-0.15, -0.1) is 0 Å². The number of phenols is 1. The van der Waals surface area contributed by atoms with Crippen LogP contribution < -0.4 is 9.47 Å². The third-order valence-electron chi connectivity index (χ3n) is 5.54. The molecule has 0 spiro atoms. The number of likely N-dealkylation sites (tertiary alicyclic amines) is 1. The maximum Gasteiger partial charge on any atom is 0.295 e. The number of benzene rings is 2. The fourth-order valence-electron chi connectivity index (χ4n) is 3.79. The van der Waals surface area contributed by atoms with Crippen LogP contribution in [-0.4, -0.2) is 72.6 Å². The first kappa shape index (κ1) is 25.1. The fraction of sp³-hybridized carbons (Fsp3) is 0.385. The topological polar surface area (TPSA) is 99.5 Å². The van der Waals surface area contributed by atoms with Crippen LogP contribution in [0.15, 0.2) is 48.0 Å². The van der Waals surface area contributed by atoms with E-state index in [1.807, 2.05) is 32.8 Å². The standard InChI is InChI=1S/C26H32N2O6/c1-16(2)15-34-19-8-6-7-18(13-19)24(30)22-23(17-9-10-21(33-5)20(29)14-17)28(12-11-27(3)4)26(32)25(22)31/h6-10,13-14,16,23,29-30H,11-12,15H2,1-5H3/b24-22-. The van der Waals surface area contributed by atoms with E-state index < -0.39 is 17.7 Å². The molecule has 34 heavy (non-hydrogen) atoms. The maximum absolute atomic E-state index is 13.1. The van der Waals surface area contributed by atoms with Crippen molar-refractivity contribution in [2.45, 2.75) is 19.9 Å². The molecule has 2 aromatic rings. The molecule has 1 aliphatic heterocycles. The van der Waals surface area contributed by atoms with E-state index in [4.69, 9.17) is 9.47 Å². The molecule has 2 N–H and O–H groups in total. The van der Waals surface area contributed by atoms with Crippen LogP contribution in [0.25, 0.3) is 5.76 Å². The van der Waals surface area contributed by atoms with Crippen molar-refractivity contribution in [1.82, 2.24) is 9.80 Å². The molecule has 3 rings (SSSR count). The van der Waals surface area contributed by atoms with Crippen molar-refractivity contribution in [3.05, 3.63) is 59.2 Å². The summed E-state index contributed by atoms with van der Waals surface area (Å²) in [6, 6.07) is 10.6.